The number of hydrogen-bond donors (Lipinski definition) is 1. The third kappa shape index (κ3) is 4.89. The molecule has 0 saturated carbocycles. The Kier molecular flexibility index (Phi) is 7.38. The van der Waals surface area contributed by atoms with E-state index in [4.69, 9.17) is 4.98 Å². The largest absolute Gasteiger partial charge is 0.317 e. The molecule has 2 aromatic heterocycles. The van der Waals surface area contributed by atoms with E-state index in [-0.39, 0.29) is 37.6 Å². The van der Waals surface area contributed by atoms with Crippen molar-refractivity contribution < 1.29 is 21.6 Å². The van der Waals surface area contributed by atoms with Crippen molar-refractivity contribution in [2.24, 2.45) is 0 Å². The fraction of sp³-hybridized carbons (Fsp3) is 0.417. The van der Waals surface area contributed by atoms with Crippen molar-refractivity contribution >= 4 is 33.5 Å². The topological polar surface area (TPSA) is 75.2 Å². The lowest BCUT2D eigenvalue weighted by Gasteiger charge is -2.22. The van der Waals surface area contributed by atoms with Gasteiger partial charge in [-0.1, -0.05) is 0 Å². The number of aromatic nitrogens is 2. The maximum Gasteiger partial charge on any atom is 0.243 e. The molecule has 1 atom stereocenters. The number of pyridine rings is 2. The molecule has 0 unspecified atom stereocenters. The Balaban J connectivity index is 0.00000289. The van der Waals surface area contributed by atoms with Crippen molar-refractivity contribution in [3.8, 4) is 11.3 Å². The summed E-state index contributed by atoms with van der Waals surface area (Å²) < 4.78 is 70.2. The van der Waals surface area contributed by atoms with Gasteiger partial charge in [-0.05, 0) is 75.2 Å². The molecule has 2 fully saturated rings. The van der Waals surface area contributed by atoms with Crippen molar-refractivity contribution in [2.75, 3.05) is 26.2 Å². The molecule has 11 heteroatoms. The molecule has 6 nitrogen and oxygen atoms in total. The number of piperidine rings is 1. The van der Waals surface area contributed by atoms with E-state index in [2.05, 4.69) is 10.3 Å². The number of sulfonamides is 1. The average molecular weight is 527 g/mol. The Labute approximate surface area is 208 Å². The molecule has 5 rings (SSSR count). The molecule has 2 saturated heterocycles. The fourth-order valence-corrected chi connectivity index (χ4v) is 6.26. The Morgan fingerprint density at radius 1 is 1.03 bits per heavy atom. The lowest BCUT2D eigenvalue weighted by atomic mass is 9.93. The van der Waals surface area contributed by atoms with Crippen LogP contribution in [0.15, 0.2) is 35.2 Å². The van der Waals surface area contributed by atoms with Gasteiger partial charge in [-0.3, -0.25) is 0 Å². The molecule has 35 heavy (non-hydrogen) atoms. The van der Waals surface area contributed by atoms with Gasteiger partial charge in [0.1, 0.15) is 17.8 Å². The molecule has 188 valence electrons. The minimum absolute atomic E-state index is 0. The van der Waals surface area contributed by atoms with E-state index in [1.807, 2.05) is 19.1 Å². The van der Waals surface area contributed by atoms with E-state index < -0.39 is 38.3 Å². The minimum Gasteiger partial charge on any atom is -0.317 e. The first-order valence-electron chi connectivity index (χ1n) is 11.4. The summed E-state index contributed by atoms with van der Waals surface area (Å²) in [4.78, 5) is 8.61. The SMILES string of the molecule is Cc1cc(-c2c(F)cc(S(=O)(=O)N3CC[C@H](F)C3)cc2F)nc2nc(C3CCNCC3)ccc12.Cl. The summed E-state index contributed by atoms with van der Waals surface area (Å²) in [5, 5.41) is 4.11. The number of halogens is 4. The Bertz CT molecular complexity index is 1340. The highest BCUT2D eigenvalue weighted by atomic mass is 35.5. The highest BCUT2D eigenvalue weighted by Crippen LogP contribution is 2.33. The third-order valence-electron chi connectivity index (χ3n) is 6.66. The third-order valence-corrected chi connectivity index (χ3v) is 8.50. The Hall–Kier alpha value is -2.27. The van der Waals surface area contributed by atoms with Crippen LogP contribution in [0, 0.1) is 18.6 Å². The fourth-order valence-electron chi connectivity index (χ4n) is 4.76. The molecule has 3 aromatic rings. The second-order valence-electron chi connectivity index (χ2n) is 8.97. The number of nitrogens with zero attached hydrogens (tertiary/aromatic N) is 3. The van der Waals surface area contributed by atoms with Crippen molar-refractivity contribution in [1.29, 1.82) is 0 Å². The van der Waals surface area contributed by atoms with Crippen molar-refractivity contribution in [2.45, 2.75) is 43.2 Å². The molecule has 0 amide bonds. The van der Waals surface area contributed by atoms with Gasteiger partial charge in [0.25, 0.3) is 0 Å². The number of alkyl halides is 1. The quantitative estimate of drug-likeness (QED) is 0.541. The number of rotatable bonds is 4. The minimum atomic E-state index is -4.20. The van der Waals surface area contributed by atoms with Gasteiger partial charge in [-0.25, -0.2) is 31.6 Å². The highest BCUT2D eigenvalue weighted by Gasteiger charge is 2.34. The monoisotopic (exact) mass is 526 g/mol. The Morgan fingerprint density at radius 2 is 1.71 bits per heavy atom. The predicted molar refractivity (Wildman–Crippen MR) is 130 cm³/mol. The predicted octanol–water partition coefficient (Wildman–Crippen LogP) is 4.50. The number of aryl methyl sites for hydroxylation is 1. The summed E-state index contributed by atoms with van der Waals surface area (Å²) in [5.74, 6) is -1.80. The lowest BCUT2D eigenvalue weighted by molar-refractivity contribution is 0.343. The molecular formula is C24H26ClF3N4O2S. The number of fused-ring (bicyclic) bond motifs is 1. The zero-order chi connectivity index (χ0) is 24.0. The molecule has 0 radical (unpaired) electrons. The lowest BCUT2D eigenvalue weighted by Crippen LogP contribution is -2.29. The summed E-state index contributed by atoms with van der Waals surface area (Å²) in [6.07, 6.45) is 0.693. The van der Waals surface area contributed by atoms with Crippen LogP contribution in [-0.4, -0.2) is 55.0 Å². The van der Waals surface area contributed by atoms with Crippen molar-refractivity contribution in [3.63, 3.8) is 0 Å². The summed E-state index contributed by atoms with van der Waals surface area (Å²) in [6, 6.07) is 7.03. The van der Waals surface area contributed by atoms with E-state index in [1.54, 1.807) is 6.07 Å². The van der Waals surface area contributed by atoms with E-state index in [1.165, 1.54) is 0 Å². The van der Waals surface area contributed by atoms with Crippen LogP contribution in [0.3, 0.4) is 0 Å². The van der Waals surface area contributed by atoms with Gasteiger partial charge in [-0.15, -0.1) is 12.4 Å². The zero-order valence-corrected chi connectivity index (χ0v) is 20.7. The Morgan fingerprint density at radius 3 is 2.34 bits per heavy atom. The van der Waals surface area contributed by atoms with Crippen LogP contribution >= 0.6 is 12.4 Å². The van der Waals surface area contributed by atoms with Crippen LogP contribution in [-0.2, 0) is 10.0 Å². The summed E-state index contributed by atoms with van der Waals surface area (Å²) in [6.45, 7) is 3.29. The van der Waals surface area contributed by atoms with Crippen LogP contribution in [0.2, 0.25) is 0 Å². The van der Waals surface area contributed by atoms with Gasteiger partial charge in [0.2, 0.25) is 10.0 Å². The molecule has 0 spiro atoms. The molecule has 4 heterocycles. The molecule has 2 aliphatic heterocycles. The zero-order valence-electron chi connectivity index (χ0n) is 19.1. The first-order chi connectivity index (χ1) is 16.2. The van der Waals surface area contributed by atoms with Crippen molar-refractivity contribution in [3.05, 3.63) is 53.2 Å². The van der Waals surface area contributed by atoms with Crippen LogP contribution in [0.25, 0.3) is 22.3 Å². The number of hydrogen-bond acceptors (Lipinski definition) is 5. The summed E-state index contributed by atoms with van der Waals surface area (Å²) >= 11 is 0. The second kappa shape index (κ2) is 10.0. The molecule has 2 aliphatic rings. The maximum atomic E-state index is 15.1. The van der Waals surface area contributed by atoms with E-state index in [0.29, 0.717) is 11.6 Å². The summed E-state index contributed by atoms with van der Waals surface area (Å²) in [7, 11) is -4.20. The number of nitrogens with one attached hydrogen (secondary N) is 1. The van der Waals surface area contributed by atoms with E-state index in [9.17, 15) is 12.8 Å². The van der Waals surface area contributed by atoms with Crippen LogP contribution in [0.1, 0.15) is 36.4 Å². The molecule has 1 aromatic carbocycles. The van der Waals surface area contributed by atoms with Crippen LogP contribution in [0.5, 0.6) is 0 Å². The van der Waals surface area contributed by atoms with Crippen LogP contribution in [0.4, 0.5) is 13.2 Å². The number of benzene rings is 1. The molecular weight excluding hydrogens is 501 g/mol. The van der Waals surface area contributed by atoms with Gasteiger partial charge in [0.15, 0.2) is 5.65 Å². The van der Waals surface area contributed by atoms with Gasteiger partial charge in [0.05, 0.1) is 16.2 Å². The highest BCUT2D eigenvalue weighted by molar-refractivity contribution is 7.89. The molecule has 1 N–H and O–H groups in total. The van der Waals surface area contributed by atoms with Crippen LogP contribution < -0.4 is 5.32 Å². The smallest absolute Gasteiger partial charge is 0.243 e. The first kappa shape index (κ1) is 25.8. The molecule has 0 bridgehead atoms. The van der Waals surface area contributed by atoms with Crippen molar-refractivity contribution in [1.82, 2.24) is 19.6 Å². The standard InChI is InChI=1S/C24H25F3N4O2S.ClH/c1-14-10-22(30-24-18(14)2-3-21(29-24)15-4-7-28-8-5-15)23-19(26)11-17(12-20(23)27)34(32,33)31-9-6-16(25)13-31;/h2-3,10-12,15-16,28H,4-9,13H2,1H3;1H/t16-;/m0./s1. The normalized spacial score (nSPS) is 19.7. The maximum absolute atomic E-state index is 15.1. The van der Waals surface area contributed by atoms with E-state index >= 15 is 8.78 Å². The first-order valence-corrected chi connectivity index (χ1v) is 12.8. The van der Waals surface area contributed by atoms with Gasteiger partial charge < -0.3 is 5.32 Å². The molecule has 0 aliphatic carbocycles. The average Bonchev–Trinajstić information content (AvgIpc) is 3.26. The second-order valence-corrected chi connectivity index (χ2v) is 10.9. The van der Waals surface area contributed by atoms with Gasteiger partial charge >= 0.3 is 0 Å². The van der Waals surface area contributed by atoms with E-state index in [0.717, 1.165) is 59.0 Å². The summed E-state index contributed by atoms with van der Waals surface area (Å²) in [5.41, 5.74) is 1.68. The van der Waals surface area contributed by atoms with Gasteiger partial charge in [-0.2, -0.15) is 4.31 Å². The van der Waals surface area contributed by atoms with Gasteiger partial charge in [0, 0.05) is 30.1 Å².